The quantitative estimate of drug-likeness (QED) is 0.472. The van der Waals surface area contributed by atoms with Crippen molar-refractivity contribution in [2.75, 3.05) is 0 Å². The molecule has 0 aliphatic carbocycles. The molecular weight excluding hydrogens is 296 g/mol. The number of rotatable bonds is 3. The monoisotopic (exact) mass is 303 g/mol. The van der Waals surface area contributed by atoms with Crippen LogP contribution in [0.5, 0.6) is 0 Å². The van der Waals surface area contributed by atoms with Crippen molar-refractivity contribution >= 4 is 29.1 Å². The Morgan fingerprint density at radius 2 is 2.11 bits per heavy atom. The first kappa shape index (κ1) is 13.8. The maximum Gasteiger partial charge on any atom is 0.433 e. The van der Waals surface area contributed by atoms with Crippen molar-refractivity contribution in [3.05, 3.63) is 62.1 Å². The third-order valence-electron chi connectivity index (χ3n) is 2.59. The lowest BCUT2D eigenvalue weighted by molar-refractivity contribution is -0.402. The van der Waals surface area contributed by atoms with Crippen molar-refractivity contribution in [1.29, 1.82) is 0 Å². The summed E-state index contributed by atoms with van der Waals surface area (Å²) in [7, 11) is 0. The van der Waals surface area contributed by atoms with Gasteiger partial charge in [-0.15, -0.1) is 11.6 Å². The molecule has 1 heterocycles. The molecule has 4 nitrogen and oxygen atoms in total. The van der Waals surface area contributed by atoms with E-state index in [-0.39, 0.29) is 10.8 Å². The highest BCUT2D eigenvalue weighted by molar-refractivity contribution is 6.33. The first-order valence-electron chi connectivity index (χ1n) is 5.24. The molecule has 0 aliphatic rings. The zero-order valence-corrected chi connectivity index (χ0v) is 11.2. The molecule has 0 saturated carbocycles. The lowest BCUT2D eigenvalue weighted by Gasteiger charge is -2.10. The third-order valence-corrected chi connectivity index (χ3v) is 3.37. The Morgan fingerprint density at radius 3 is 2.68 bits per heavy atom. The fourth-order valence-electron chi connectivity index (χ4n) is 1.60. The molecule has 0 spiro atoms. The fraction of sp³-hybridized carbons (Fsp3) is 0.167. The minimum absolute atomic E-state index is 0.141. The number of halogens is 3. The second-order valence-corrected chi connectivity index (χ2v) is 4.76. The molecule has 7 heteroatoms. The van der Waals surface area contributed by atoms with Crippen molar-refractivity contribution in [2.24, 2.45) is 0 Å². The zero-order chi connectivity index (χ0) is 14.2. The fourth-order valence-corrected chi connectivity index (χ4v) is 2.22. The smallest absolute Gasteiger partial charge is 0.404 e. The maximum atomic E-state index is 13.3. The van der Waals surface area contributed by atoms with Crippen molar-refractivity contribution < 1.29 is 13.7 Å². The molecule has 2 aromatic rings. The first-order chi connectivity index (χ1) is 8.90. The summed E-state index contributed by atoms with van der Waals surface area (Å²) in [6, 6.07) is 5.24. The standard InChI is InChI=1S/C12H8Cl2FNO3/c1-6-4-7(8(13)5-9(6)15)12(14)10-2-3-11(19-10)16(17)18/h2-5,12H,1H3. The number of hydrogen-bond acceptors (Lipinski definition) is 3. The molecule has 1 atom stereocenters. The van der Waals surface area contributed by atoms with Gasteiger partial charge < -0.3 is 4.42 Å². The summed E-state index contributed by atoms with van der Waals surface area (Å²) >= 11 is 12.1. The lowest BCUT2D eigenvalue weighted by Crippen LogP contribution is -1.96. The SMILES string of the molecule is Cc1cc(C(Cl)c2ccc([N+](=O)[O-])o2)c(Cl)cc1F. The van der Waals surface area contributed by atoms with Crippen LogP contribution in [0.2, 0.25) is 5.02 Å². The van der Waals surface area contributed by atoms with E-state index in [1.165, 1.54) is 18.2 Å². The van der Waals surface area contributed by atoms with Gasteiger partial charge in [0.05, 0.1) is 6.07 Å². The Morgan fingerprint density at radius 1 is 1.42 bits per heavy atom. The van der Waals surface area contributed by atoms with Gasteiger partial charge in [0.25, 0.3) is 0 Å². The summed E-state index contributed by atoms with van der Waals surface area (Å²) in [4.78, 5) is 9.87. The minimum Gasteiger partial charge on any atom is -0.404 e. The van der Waals surface area contributed by atoms with Crippen LogP contribution in [0.1, 0.15) is 22.3 Å². The van der Waals surface area contributed by atoms with E-state index >= 15 is 0 Å². The molecule has 1 aromatic heterocycles. The number of nitro groups is 1. The average Bonchev–Trinajstić information content (AvgIpc) is 2.82. The second-order valence-electron chi connectivity index (χ2n) is 3.92. The number of benzene rings is 1. The van der Waals surface area contributed by atoms with Crippen molar-refractivity contribution in [2.45, 2.75) is 12.3 Å². The molecule has 2 rings (SSSR count). The topological polar surface area (TPSA) is 56.3 Å². The van der Waals surface area contributed by atoms with Crippen LogP contribution in [-0.4, -0.2) is 4.92 Å². The van der Waals surface area contributed by atoms with Crippen LogP contribution in [0.4, 0.5) is 10.3 Å². The summed E-state index contributed by atoms with van der Waals surface area (Å²) in [6.07, 6.45) is 0. The zero-order valence-electron chi connectivity index (χ0n) is 9.69. The Kier molecular flexibility index (Phi) is 3.78. The summed E-state index contributed by atoms with van der Waals surface area (Å²) < 4.78 is 18.3. The van der Waals surface area contributed by atoms with E-state index in [2.05, 4.69) is 0 Å². The molecule has 0 bridgehead atoms. The van der Waals surface area contributed by atoms with Gasteiger partial charge in [0.2, 0.25) is 0 Å². The van der Waals surface area contributed by atoms with Crippen LogP contribution in [0, 0.1) is 22.9 Å². The van der Waals surface area contributed by atoms with E-state index in [4.69, 9.17) is 27.6 Å². The number of nitrogens with zero attached hydrogens (tertiary/aromatic N) is 1. The maximum absolute atomic E-state index is 13.3. The summed E-state index contributed by atoms with van der Waals surface area (Å²) in [5.74, 6) is -0.667. The minimum atomic E-state index is -0.819. The van der Waals surface area contributed by atoms with Crippen LogP contribution in [0.15, 0.2) is 28.7 Å². The largest absolute Gasteiger partial charge is 0.433 e. The van der Waals surface area contributed by atoms with Crippen LogP contribution in [0.25, 0.3) is 0 Å². The Labute approximate surface area is 117 Å². The first-order valence-corrected chi connectivity index (χ1v) is 6.05. The molecule has 0 N–H and O–H groups in total. The van der Waals surface area contributed by atoms with Gasteiger partial charge in [0, 0.05) is 5.02 Å². The molecule has 0 aliphatic heterocycles. The Bertz CT molecular complexity index is 642. The average molecular weight is 304 g/mol. The van der Waals surface area contributed by atoms with Crippen molar-refractivity contribution in [3.8, 4) is 0 Å². The van der Waals surface area contributed by atoms with E-state index in [0.29, 0.717) is 11.1 Å². The number of hydrogen-bond donors (Lipinski definition) is 0. The molecule has 1 unspecified atom stereocenters. The molecular formula is C12H8Cl2FNO3. The van der Waals surface area contributed by atoms with E-state index in [0.717, 1.165) is 6.07 Å². The summed E-state index contributed by atoms with van der Waals surface area (Å²) in [5.41, 5.74) is 0.817. The van der Waals surface area contributed by atoms with Gasteiger partial charge in [0.1, 0.15) is 21.9 Å². The highest BCUT2D eigenvalue weighted by atomic mass is 35.5. The van der Waals surface area contributed by atoms with Gasteiger partial charge in [-0.1, -0.05) is 11.6 Å². The van der Waals surface area contributed by atoms with Crippen LogP contribution >= 0.6 is 23.2 Å². The third kappa shape index (κ3) is 2.72. The van der Waals surface area contributed by atoms with Crippen LogP contribution in [0.3, 0.4) is 0 Å². The molecule has 1 aromatic carbocycles. The molecule has 0 amide bonds. The number of aryl methyl sites for hydroxylation is 1. The number of furan rings is 1. The highest BCUT2D eigenvalue weighted by Crippen LogP contribution is 2.36. The Balaban J connectivity index is 2.40. The van der Waals surface area contributed by atoms with Gasteiger partial charge >= 0.3 is 5.88 Å². The Hall–Kier alpha value is -1.59. The van der Waals surface area contributed by atoms with Gasteiger partial charge in [-0.05, 0) is 36.2 Å². The van der Waals surface area contributed by atoms with Crippen LogP contribution < -0.4 is 0 Å². The highest BCUT2D eigenvalue weighted by Gasteiger charge is 2.22. The predicted octanol–water partition coefficient (Wildman–Crippen LogP) is 4.62. The van der Waals surface area contributed by atoms with E-state index in [9.17, 15) is 14.5 Å². The number of alkyl halides is 1. The van der Waals surface area contributed by atoms with Crippen molar-refractivity contribution in [3.63, 3.8) is 0 Å². The molecule has 0 radical (unpaired) electrons. The predicted molar refractivity (Wildman–Crippen MR) is 69.2 cm³/mol. The van der Waals surface area contributed by atoms with Gasteiger partial charge in [-0.25, -0.2) is 4.39 Å². The second kappa shape index (κ2) is 5.19. The van der Waals surface area contributed by atoms with E-state index in [1.807, 2.05) is 0 Å². The van der Waals surface area contributed by atoms with E-state index < -0.39 is 22.0 Å². The van der Waals surface area contributed by atoms with Crippen LogP contribution in [-0.2, 0) is 0 Å². The van der Waals surface area contributed by atoms with Gasteiger partial charge in [-0.2, -0.15) is 0 Å². The summed E-state index contributed by atoms with van der Waals surface area (Å²) in [6.45, 7) is 1.57. The van der Waals surface area contributed by atoms with Gasteiger partial charge in [-0.3, -0.25) is 10.1 Å². The summed E-state index contributed by atoms with van der Waals surface area (Å²) in [5, 5.41) is 9.85. The normalized spacial score (nSPS) is 12.4. The molecule has 19 heavy (non-hydrogen) atoms. The van der Waals surface area contributed by atoms with Gasteiger partial charge in [0.15, 0.2) is 0 Å². The molecule has 0 fully saturated rings. The molecule has 100 valence electrons. The molecule has 0 saturated heterocycles. The lowest BCUT2D eigenvalue weighted by atomic mass is 10.1. The van der Waals surface area contributed by atoms with Crippen molar-refractivity contribution in [1.82, 2.24) is 0 Å². The van der Waals surface area contributed by atoms with E-state index in [1.54, 1.807) is 6.92 Å².